The summed E-state index contributed by atoms with van der Waals surface area (Å²) in [6.07, 6.45) is 1.75. The summed E-state index contributed by atoms with van der Waals surface area (Å²) < 4.78 is 11.3. The van der Waals surface area contributed by atoms with Gasteiger partial charge >= 0.3 is 0 Å². The van der Waals surface area contributed by atoms with Crippen molar-refractivity contribution in [2.24, 2.45) is 0 Å². The van der Waals surface area contributed by atoms with Gasteiger partial charge in [-0.3, -0.25) is 9.59 Å². The third kappa shape index (κ3) is 4.30. The summed E-state index contributed by atoms with van der Waals surface area (Å²) in [6.45, 7) is 8.12. The molecule has 0 saturated carbocycles. The van der Waals surface area contributed by atoms with E-state index in [-0.39, 0.29) is 18.7 Å². The second kappa shape index (κ2) is 9.10. The number of aryl methyl sites for hydroxylation is 2. The van der Waals surface area contributed by atoms with E-state index in [4.69, 9.17) is 9.47 Å². The van der Waals surface area contributed by atoms with E-state index in [9.17, 15) is 14.7 Å². The molecule has 0 aromatic heterocycles. The predicted molar refractivity (Wildman–Crippen MR) is 120 cm³/mol. The van der Waals surface area contributed by atoms with Crippen LogP contribution in [-0.2, 0) is 21.7 Å². The van der Waals surface area contributed by atoms with E-state index in [2.05, 4.69) is 6.92 Å². The van der Waals surface area contributed by atoms with Crippen LogP contribution in [0.1, 0.15) is 55.4 Å². The number of hydrogen-bond donors (Lipinski definition) is 1. The van der Waals surface area contributed by atoms with E-state index in [1.54, 1.807) is 12.0 Å². The molecular formula is C25H31NO5. The molecule has 2 aromatic carbocycles. The topological polar surface area (TPSA) is 76.1 Å². The summed E-state index contributed by atoms with van der Waals surface area (Å²) in [5, 5.41) is 11.3. The molecule has 0 aliphatic carbocycles. The van der Waals surface area contributed by atoms with Crippen molar-refractivity contribution < 1.29 is 24.2 Å². The van der Waals surface area contributed by atoms with Gasteiger partial charge in [-0.15, -0.1) is 0 Å². The second-order valence-corrected chi connectivity index (χ2v) is 8.24. The predicted octanol–water partition coefficient (Wildman–Crippen LogP) is 4.20. The highest BCUT2D eigenvalue weighted by molar-refractivity contribution is 6.09. The molecule has 1 N–H and O–H groups in total. The molecule has 31 heavy (non-hydrogen) atoms. The molecular weight excluding hydrogens is 394 g/mol. The maximum atomic E-state index is 13.4. The lowest BCUT2D eigenvalue weighted by Gasteiger charge is -2.23. The van der Waals surface area contributed by atoms with Crippen molar-refractivity contribution >= 4 is 17.4 Å². The largest absolute Gasteiger partial charge is 0.493 e. The number of rotatable bonds is 9. The zero-order chi connectivity index (χ0) is 22.8. The minimum absolute atomic E-state index is 0.236. The first kappa shape index (κ1) is 22.8. The van der Waals surface area contributed by atoms with Crippen molar-refractivity contribution in [1.29, 1.82) is 0 Å². The first-order valence-corrected chi connectivity index (χ1v) is 10.7. The molecule has 3 rings (SSSR count). The highest BCUT2D eigenvalue weighted by Gasteiger charge is 2.51. The van der Waals surface area contributed by atoms with Crippen molar-refractivity contribution in [2.75, 3.05) is 18.6 Å². The number of unbranched alkanes of at least 4 members (excludes halogenated alkanes) is 1. The van der Waals surface area contributed by atoms with E-state index in [1.165, 1.54) is 6.92 Å². The molecule has 1 aliphatic rings. The van der Waals surface area contributed by atoms with Crippen molar-refractivity contribution in [3.05, 3.63) is 52.6 Å². The van der Waals surface area contributed by atoms with Gasteiger partial charge in [0, 0.05) is 12.0 Å². The highest BCUT2D eigenvalue weighted by Crippen LogP contribution is 2.47. The molecule has 1 amide bonds. The average molecular weight is 426 g/mol. The van der Waals surface area contributed by atoms with Crippen LogP contribution in [0.3, 0.4) is 0 Å². The number of ether oxygens (including phenoxy) is 2. The Morgan fingerprint density at radius 3 is 2.48 bits per heavy atom. The first-order chi connectivity index (χ1) is 14.7. The highest BCUT2D eigenvalue weighted by atomic mass is 16.5. The standard InChI is InChI=1S/C25H31NO5/c1-6-7-12-31-20-11-10-19(13-21(20)30-5)15-26-23-17(3)9-8-16(2)22(23)25(29,24(26)28)14-18(4)27/h8-11,13,29H,6-7,12,14-15H2,1-5H3. The fourth-order valence-electron chi connectivity index (χ4n) is 4.21. The maximum Gasteiger partial charge on any atom is 0.264 e. The lowest BCUT2D eigenvalue weighted by Crippen LogP contribution is -2.41. The minimum Gasteiger partial charge on any atom is -0.493 e. The molecule has 1 aliphatic heterocycles. The Bertz CT molecular complexity index is 1000. The molecule has 6 nitrogen and oxygen atoms in total. The molecule has 0 saturated heterocycles. The number of methoxy groups -OCH3 is 1. The number of benzene rings is 2. The number of fused-ring (bicyclic) bond motifs is 1. The van der Waals surface area contributed by atoms with Crippen LogP contribution in [0, 0.1) is 13.8 Å². The van der Waals surface area contributed by atoms with Crippen LogP contribution in [0.25, 0.3) is 0 Å². The van der Waals surface area contributed by atoms with Gasteiger partial charge in [-0.1, -0.05) is 31.5 Å². The quantitative estimate of drug-likeness (QED) is 0.609. The van der Waals surface area contributed by atoms with Crippen LogP contribution in [-0.4, -0.2) is 30.5 Å². The van der Waals surface area contributed by atoms with Gasteiger partial charge in [0.05, 0.1) is 25.9 Å². The monoisotopic (exact) mass is 425 g/mol. The fourth-order valence-corrected chi connectivity index (χ4v) is 4.21. The number of nitrogens with zero attached hydrogens (tertiary/aromatic N) is 1. The van der Waals surface area contributed by atoms with Gasteiger partial charge in [0.2, 0.25) is 0 Å². The normalized spacial score (nSPS) is 17.6. The molecule has 1 heterocycles. The Kier molecular flexibility index (Phi) is 6.70. The molecule has 0 spiro atoms. The number of ketones is 1. The van der Waals surface area contributed by atoms with Gasteiger partial charge < -0.3 is 19.5 Å². The summed E-state index contributed by atoms with van der Waals surface area (Å²) >= 11 is 0. The van der Waals surface area contributed by atoms with E-state index in [0.717, 1.165) is 29.5 Å². The molecule has 6 heteroatoms. The minimum atomic E-state index is -1.84. The lowest BCUT2D eigenvalue weighted by atomic mass is 9.86. The van der Waals surface area contributed by atoms with Gasteiger partial charge in [-0.05, 0) is 56.0 Å². The summed E-state index contributed by atoms with van der Waals surface area (Å²) in [6, 6.07) is 9.39. The van der Waals surface area contributed by atoms with Crippen molar-refractivity contribution in [3.63, 3.8) is 0 Å². The number of aliphatic hydroxyl groups is 1. The van der Waals surface area contributed by atoms with Crippen LogP contribution < -0.4 is 14.4 Å². The molecule has 166 valence electrons. The number of carbonyl (C=O) groups excluding carboxylic acids is 2. The Morgan fingerprint density at radius 1 is 1.13 bits per heavy atom. The summed E-state index contributed by atoms with van der Waals surface area (Å²) in [7, 11) is 1.58. The Labute approximate surface area is 183 Å². The van der Waals surface area contributed by atoms with Gasteiger partial charge in [-0.2, -0.15) is 0 Å². The first-order valence-electron chi connectivity index (χ1n) is 10.7. The van der Waals surface area contributed by atoms with Crippen LogP contribution >= 0.6 is 0 Å². The summed E-state index contributed by atoms with van der Waals surface area (Å²) in [4.78, 5) is 26.9. The van der Waals surface area contributed by atoms with Gasteiger partial charge in [-0.25, -0.2) is 0 Å². The van der Waals surface area contributed by atoms with Crippen molar-refractivity contribution in [1.82, 2.24) is 0 Å². The number of carbonyl (C=O) groups is 2. The fraction of sp³-hybridized carbons (Fsp3) is 0.440. The van der Waals surface area contributed by atoms with Crippen LogP contribution in [0.5, 0.6) is 11.5 Å². The lowest BCUT2D eigenvalue weighted by molar-refractivity contribution is -0.141. The van der Waals surface area contributed by atoms with Crippen LogP contribution in [0.15, 0.2) is 30.3 Å². The molecule has 1 unspecified atom stereocenters. The number of anilines is 1. The third-order valence-electron chi connectivity index (χ3n) is 5.70. The van der Waals surface area contributed by atoms with Gasteiger partial charge in [0.1, 0.15) is 5.78 Å². The molecule has 0 radical (unpaired) electrons. The van der Waals surface area contributed by atoms with E-state index < -0.39 is 11.5 Å². The maximum absolute atomic E-state index is 13.4. The number of amides is 1. The Balaban J connectivity index is 1.98. The summed E-state index contributed by atoms with van der Waals surface area (Å²) in [5.74, 6) is 0.547. The third-order valence-corrected chi connectivity index (χ3v) is 5.70. The molecule has 1 atom stereocenters. The zero-order valence-electron chi connectivity index (χ0n) is 18.9. The average Bonchev–Trinajstić information content (AvgIpc) is 2.94. The summed E-state index contributed by atoms with van der Waals surface area (Å²) in [5.41, 5.74) is 1.87. The van der Waals surface area contributed by atoms with E-state index in [0.29, 0.717) is 29.4 Å². The SMILES string of the molecule is CCCCOc1ccc(CN2C(=O)C(O)(CC(C)=O)c3c(C)ccc(C)c32)cc1OC. The smallest absolute Gasteiger partial charge is 0.264 e. The van der Waals surface area contributed by atoms with Crippen molar-refractivity contribution in [2.45, 2.75) is 59.1 Å². The zero-order valence-corrected chi connectivity index (χ0v) is 18.9. The Morgan fingerprint density at radius 2 is 1.84 bits per heavy atom. The van der Waals surface area contributed by atoms with Gasteiger partial charge in [0.25, 0.3) is 5.91 Å². The number of Topliss-reactive ketones (excluding diaryl/α,β-unsaturated/α-hetero) is 1. The van der Waals surface area contributed by atoms with Crippen LogP contribution in [0.4, 0.5) is 5.69 Å². The molecule has 0 bridgehead atoms. The van der Waals surface area contributed by atoms with Crippen LogP contribution in [0.2, 0.25) is 0 Å². The van der Waals surface area contributed by atoms with Gasteiger partial charge in [0.15, 0.2) is 17.1 Å². The molecule has 2 aromatic rings. The second-order valence-electron chi connectivity index (χ2n) is 8.24. The number of hydrogen-bond acceptors (Lipinski definition) is 5. The molecule has 0 fully saturated rings. The van der Waals surface area contributed by atoms with E-state index in [1.807, 2.05) is 44.2 Å². The Hall–Kier alpha value is -2.86. The van der Waals surface area contributed by atoms with E-state index >= 15 is 0 Å². The van der Waals surface area contributed by atoms with Crippen molar-refractivity contribution in [3.8, 4) is 11.5 Å².